The van der Waals surface area contributed by atoms with E-state index in [1.54, 1.807) is 0 Å². The minimum atomic E-state index is 0.313. The summed E-state index contributed by atoms with van der Waals surface area (Å²) in [6.07, 6.45) is 4.68. The molecule has 3 nitrogen and oxygen atoms in total. The Hall–Kier alpha value is -0.570. The van der Waals surface area contributed by atoms with E-state index in [0.29, 0.717) is 23.2 Å². The number of amides is 1. The molecule has 0 radical (unpaired) electrons. The number of rotatable bonds is 4. The fraction of sp³-hybridized carbons (Fsp3) is 0.929. The van der Waals surface area contributed by atoms with Gasteiger partial charge in [0.15, 0.2) is 0 Å². The number of carbonyl (C=O) groups excluding carboxylic acids is 1. The van der Waals surface area contributed by atoms with Crippen LogP contribution in [0.2, 0.25) is 0 Å². The highest BCUT2D eigenvalue weighted by Crippen LogP contribution is 2.55. The van der Waals surface area contributed by atoms with Crippen molar-refractivity contribution < 1.29 is 4.79 Å². The molecule has 0 unspecified atom stereocenters. The Morgan fingerprint density at radius 1 is 1.53 bits per heavy atom. The van der Waals surface area contributed by atoms with Crippen molar-refractivity contribution in [3.8, 4) is 0 Å². The first-order valence-electron chi connectivity index (χ1n) is 7.04. The lowest BCUT2D eigenvalue weighted by atomic mass is 9.96. The van der Waals surface area contributed by atoms with Gasteiger partial charge in [0.25, 0.3) is 0 Å². The number of hydrogen-bond donors (Lipinski definition) is 1. The van der Waals surface area contributed by atoms with Gasteiger partial charge in [0.2, 0.25) is 5.91 Å². The summed E-state index contributed by atoms with van der Waals surface area (Å²) in [7, 11) is 2.00. The topological polar surface area (TPSA) is 32.3 Å². The van der Waals surface area contributed by atoms with Gasteiger partial charge < -0.3 is 10.2 Å². The average molecular weight is 238 g/mol. The molecule has 1 saturated heterocycles. The molecule has 0 aromatic carbocycles. The van der Waals surface area contributed by atoms with Crippen LogP contribution in [0.3, 0.4) is 0 Å². The molecule has 17 heavy (non-hydrogen) atoms. The first-order valence-corrected chi connectivity index (χ1v) is 7.04. The van der Waals surface area contributed by atoms with E-state index in [0.717, 1.165) is 32.5 Å². The van der Waals surface area contributed by atoms with Gasteiger partial charge in [-0.25, -0.2) is 0 Å². The van der Waals surface area contributed by atoms with Crippen LogP contribution in [-0.2, 0) is 4.79 Å². The molecule has 2 rings (SSSR count). The molecular weight excluding hydrogens is 212 g/mol. The zero-order valence-electron chi connectivity index (χ0n) is 11.5. The van der Waals surface area contributed by atoms with Gasteiger partial charge in [-0.2, -0.15) is 0 Å². The standard InChI is InChI=1S/C14H26N2O/c1-4-14(2)8-12(14)13(17)16-7-5-6-11(10-16)9-15-3/h11-12,15H,4-10H2,1-3H3/t11-,12+,14-/m1/s1. The fourth-order valence-corrected chi connectivity index (χ4v) is 3.12. The lowest BCUT2D eigenvalue weighted by Crippen LogP contribution is -2.43. The Morgan fingerprint density at radius 2 is 2.29 bits per heavy atom. The summed E-state index contributed by atoms with van der Waals surface area (Å²) >= 11 is 0. The molecule has 1 amide bonds. The van der Waals surface area contributed by atoms with E-state index < -0.39 is 0 Å². The van der Waals surface area contributed by atoms with Crippen LogP contribution in [0.5, 0.6) is 0 Å². The van der Waals surface area contributed by atoms with Crippen LogP contribution in [-0.4, -0.2) is 37.5 Å². The van der Waals surface area contributed by atoms with Crippen LogP contribution in [0.4, 0.5) is 0 Å². The number of nitrogens with zero attached hydrogens (tertiary/aromatic N) is 1. The monoisotopic (exact) mass is 238 g/mol. The number of likely N-dealkylation sites (tertiary alicyclic amines) is 1. The normalized spacial score (nSPS) is 37.0. The molecule has 1 aliphatic heterocycles. The molecule has 1 saturated carbocycles. The third-order valence-corrected chi connectivity index (χ3v) is 4.78. The summed E-state index contributed by atoms with van der Waals surface area (Å²) in [5.74, 6) is 1.40. The molecule has 1 N–H and O–H groups in total. The molecule has 1 heterocycles. The van der Waals surface area contributed by atoms with Gasteiger partial charge in [0, 0.05) is 19.0 Å². The maximum Gasteiger partial charge on any atom is 0.226 e. The Bertz CT molecular complexity index is 290. The molecule has 3 atom stereocenters. The average Bonchev–Trinajstić information content (AvgIpc) is 3.02. The number of nitrogens with one attached hydrogen (secondary N) is 1. The summed E-state index contributed by atoms with van der Waals surface area (Å²) in [6, 6.07) is 0. The van der Waals surface area contributed by atoms with Crippen molar-refractivity contribution >= 4 is 5.91 Å². The first kappa shape index (κ1) is 12.9. The number of piperidine rings is 1. The maximum absolute atomic E-state index is 12.4. The molecule has 0 bridgehead atoms. The van der Waals surface area contributed by atoms with Crippen LogP contribution < -0.4 is 5.32 Å². The van der Waals surface area contributed by atoms with E-state index >= 15 is 0 Å². The van der Waals surface area contributed by atoms with Gasteiger partial charge in [-0.3, -0.25) is 4.79 Å². The van der Waals surface area contributed by atoms with Crippen molar-refractivity contribution in [1.29, 1.82) is 0 Å². The quantitative estimate of drug-likeness (QED) is 0.811. The summed E-state index contributed by atoms with van der Waals surface area (Å²) in [4.78, 5) is 14.5. The molecule has 2 fully saturated rings. The van der Waals surface area contributed by atoms with Crippen LogP contribution in [0.1, 0.15) is 39.5 Å². The van der Waals surface area contributed by atoms with Crippen molar-refractivity contribution in [2.24, 2.45) is 17.3 Å². The second-order valence-corrected chi connectivity index (χ2v) is 6.11. The SMILES string of the molecule is CC[C@]1(C)C[C@H]1C(=O)N1CCC[C@H](CNC)C1. The van der Waals surface area contributed by atoms with Gasteiger partial charge in [0.05, 0.1) is 0 Å². The molecule has 2 aliphatic rings. The lowest BCUT2D eigenvalue weighted by Gasteiger charge is -2.33. The van der Waals surface area contributed by atoms with Crippen LogP contribution in [0.15, 0.2) is 0 Å². The largest absolute Gasteiger partial charge is 0.342 e. The van der Waals surface area contributed by atoms with E-state index in [4.69, 9.17) is 0 Å². The summed E-state index contributed by atoms with van der Waals surface area (Å²) < 4.78 is 0. The number of hydrogen-bond acceptors (Lipinski definition) is 2. The minimum Gasteiger partial charge on any atom is -0.342 e. The Morgan fingerprint density at radius 3 is 2.88 bits per heavy atom. The van der Waals surface area contributed by atoms with Gasteiger partial charge in [-0.15, -0.1) is 0 Å². The Labute approximate surface area is 105 Å². The highest BCUT2D eigenvalue weighted by molar-refractivity contribution is 5.82. The van der Waals surface area contributed by atoms with Crippen molar-refractivity contribution in [3.63, 3.8) is 0 Å². The number of carbonyl (C=O) groups is 1. The Kier molecular flexibility index (Phi) is 3.76. The third-order valence-electron chi connectivity index (χ3n) is 4.78. The van der Waals surface area contributed by atoms with Crippen LogP contribution in [0, 0.1) is 17.3 Å². The van der Waals surface area contributed by atoms with E-state index in [9.17, 15) is 4.79 Å². The second kappa shape index (κ2) is 4.97. The summed E-state index contributed by atoms with van der Waals surface area (Å²) in [6.45, 7) is 7.45. The zero-order valence-corrected chi connectivity index (χ0v) is 11.5. The molecule has 0 aromatic heterocycles. The first-order chi connectivity index (χ1) is 8.10. The van der Waals surface area contributed by atoms with Gasteiger partial charge in [-0.05, 0) is 50.6 Å². The van der Waals surface area contributed by atoms with E-state index in [1.165, 1.54) is 12.8 Å². The van der Waals surface area contributed by atoms with Crippen LogP contribution in [0.25, 0.3) is 0 Å². The third kappa shape index (κ3) is 2.65. The second-order valence-electron chi connectivity index (χ2n) is 6.11. The zero-order chi connectivity index (χ0) is 12.5. The lowest BCUT2D eigenvalue weighted by molar-refractivity contribution is -0.135. The van der Waals surface area contributed by atoms with Crippen molar-refractivity contribution in [3.05, 3.63) is 0 Å². The highest BCUT2D eigenvalue weighted by atomic mass is 16.2. The molecule has 0 spiro atoms. The summed E-state index contributed by atoms with van der Waals surface area (Å²) in [5.41, 5.74) is 0.313. The van der Waals surface area contributed by atoms with Crippen molar-refractivity contribution in [2.75, 3.05) is 26.7 Å². The fourth-order valence-electron chi connectivity index (χ4n) is 3.12. The molecular formula is C14H26N2O. The van der Waals surface area contributed by atoms with Gasteiger partial charge in [0.1, 0.15) is 0 Å². The predicted octanol–water partition coefficient (Wildman–Crippen LogP) is 1.88. The van der Waals surface area contributed by atoms with Gasteiger partial charge in [-0.1, -0.05) is 13.8 Å². The summed E-state index contributed by atoms with van der Waals surface area (Å²) in [5, 5.41) is 3.23. The smallest absolute Gasteiger partial charge is 0.226 e. The van der Waals surface area contributed by atoms with E-state index in [1.807, 2.05) is 7.05 Å². The van der Waals surface area contributed by atoms with E-state index in [2.05, 4.69) is 24.1 Å². The maximum atomic E-state index is 12.4. The van der Waals surface area contributed by atoms with Gasteiger partial charge >= 0.3 is 0 Å². The van der Waals surface area contributed by atoms with E-state index in [-0.39, 0.29) is 0 Å². The molecule has 0 aromatic rings. The minimum absolute atomic E-state index is 0.313. The Balaban J connectivity index is 1.88. The molecule has 1 aliphatic carbocycles. The predicted molar refractivity (Wildman–Crippen MR) is 69.7 cm³/mol. The van der Waals surface area contributed by atoms with Crippen LogP contribution >= 0.6 is 0 Å². The highest BCUT2D eigenvalue weighted by Gasteiger charge is 2.54. The molecule has 98 valence electrons. The van der Waals surface area contributed by atoms with Crippen molar-refractivity contribution in [1.82, 2.24) is 10.2 Å². The van der Waals surface area contributed by atoms with Crippen molar-refractivity contribution in [2.45, 2.75) is 39.5 Å². The molecule has 3 heteroatoms.